The summed E-state index contributed by atoms with van der Waals surface area (Å²) < 4.78 is 0. The van der Waals surface area contributed by atoms with Gasteiger partial charge in [0.1, 0.15) is 6.04 Å². The zero-order valence-corrected chi connectivity index (χ0v) is 12.4. The summed E-state index contributed by atoms with van der Waals surface area (Å²) in [7, 11) is 0. The van der Waals surface area contributed by atoms with Gasteiger partial charge in [0, 0.05) is 20.0 Å². The van der Waals surface area contributed by atoms with Gasteiger partial charge < -0.3 is 15.3 Å². The maximum Gasteiger partial charge on any atom is 0.326 e. The van der Waals surface area contributed by atoms with Crippen molar-refractivity contribution in [3.8, 4) is 0 Å². The van der Waals surface area contributed by atoms with Crippen molar-refractivity contribution in [1.29, 1.82) is 0 Å². The molecule has 0 aromatic heterocycles. The summed E-state index contributed by atoms with van der Waals surface area (Å²) in [6.45, 7) is 6.24. The van der Waals surface area contributed by atoms with Gasteiger partial charge in [0.2, 0.25) is 11.8 Å². The van der Waals surface area contributed by atoms with Crippen LogP contribution in [-0.4, -0.2) is 46.9 Å². The van der Waals surface area contributed by atoms with Crippen molar-refractivity contribution >= 4 is 17.8 Å². The number of aliphatic carboxylic acids is 1. The number of carboxylic acids is 1. The third kappa shape index (κ3) is 4.21. The van der Waals surface area contributed by atoms with E-state index in [1.165, 1.54) is 6.92 Å². The summed E-state index contributed by atoms with van der Waals surface area (Å²) in [6, 6.07) is -0.861. The Bertz CT molecular complexity index is 383. The van der Waals surface area contributed by atoms with Gasteiger partial charge in [-0.1, -0.05) is 20.3 Å². The normalized spacial score (nSPS) is 21.9. The summed E-state index contributed by atoms with van der Waals surface area (Å²) in [4.78, 5) is 36.4. The number of piperidine rings is 1. The number of likely N-dealkylation sites (tertiary alicyclic amines) is 1. The minimum absolute atomic E-state index is 0.0424. The van der Waals surface area contributed by atoms with E-state index < -0.39 is 12.0 Å². The average Bonchev–Trinajstić information content (AvgIpc) is 2.43. The molecule has 0 aromatic rings. The van der Waals surface area contributed by atoms with Crippen LogP contribution in [0.5, 0.6) is 0 Å². The Morgan fingerprint density at radius 3 is 2.55 bits per heavy atom. The highest BCUT2D eigenvalue weighted by molar-refractivity contribution is 5.86. The van der Waals surface area contributed by atoms with E-state index in [0.717, 1.165) is 6.42 Å². The lowest BCUT2D eigenvalue weighted by Crippen LogP contribution is -2.51. The Labute approximate surface area is 119 Å². The Kier molecular flexibility index (Phi) is 5.98. The molecule has 1 aliphatic rings. The molecule has 0 saturated carbocycles. The van der Waals surface area contributed by atoms with Crippen molar-refractivity contribution in [2.75, 3.05) is 13.1 Å². The first-order chi connectivity index (χ1) is 9.36. The lowest BCUT2D eigenvalue weighted by Gasteiger charge is -2.32. The SMILES string of the molecule is CCC(C)[C@H](NC(=O)C1CCCN(C(C)=O)C1)C(=O)O. The topological polar surface area (TPSA) is 86.7 Å². The molecule has 2 amide bonds. The fourth-order valence-electron chi connectivity index (χ4n) is 2.43. The molecule has 0 aliphatic carbocycles. The van der Waals surface area contributed by atoms with Crippen molar-refractivity contribution in [3.63, 3.8) is 0 Å². The Morgan fingerprint density at radius 1 is 1.40 bits per heavy atom. The highest BCUT2D eigenvalue weighted by atomic mass is 16.4. The first-order valence-electron chi connectivity index (χ1n) is 7.15. The van der Waals surface area contributed by atoms with Gasteiger partial charge in [-0.2, -0.15) is 0 Å². The minimum atomic E-state index is -1.01. The first kappa shape index (κ1) is 16.5. The second-order valence-electron chi connectivity index (χ2n) is 5.51. The number of amides is 2. The molecule has 1 fully saturated rings. The van der Waals surface area contributed by atoms with Crippen LogP contribution in [0.3, 0.4) is 0 Å². The first-order valence-corrected chi connectivity index (χ1v) is 7.15. The van der Waals surface area contributed by atoms with Crippen LogP contribution < -0.4 is 5.32 Å². The van der Waals surface area contributed by atoms with E-state index in [2.05, 4.69) is 5.32 Å². The van der Waals surface area contributed by atoms with E-state index in [-0.39, 0.29) is 23.7 Å². The molecule has 1 heterocycles. The number of nitrogens with one attached hydrogen (secondary N) is 1. The molecule has 0 radical (unpaired) electrons. The summed E-state index contributed by atoms with van der Waals surface area (Å²) in [5.41, 5.74) is 0. The van der Waals surface area contributed by atoms with E-state index in [1.54, 1.807) is 4.90 Å². The summed E-state index contributed by atoms with van der Waals surface area (Å²) >= 11 is 0. The van der Waals surface area contributed by atoms with E-state index in [0.29, 0.717) is 25.9 Å². The zero-order valence-electron chi connectivity index (χ0n) is 12.4. The maximum absolute atomic E-state index is 12.2. The average molecular weight is 284 g/mol. The number of carbonyl (C=O) groups excluding carboxylic acids is 2. The maximum atomic E-state index is 12.2. The van der Waals surface area contributed by atoms with Crippen LogP contribution in [-0.2, 0) is 14.4 Å². The largest absolute Gasteiger partial charge is 0.480 e. The van der Waals surface area contributed by atoms with Crippen LogP contribution in [0, 0.1) is 11.8 Å². The number of carboxylic acid groups (broad SMARTS) is 1. The van der Waals surface area contributed by atoms with Gasteiger partial charge in [-0.05, 0) is 18.8 Å². The molecule has 1 rings (SSSR count). The zero-order chi connectivity index (χ0) is 15.3. The smallest absolute Gasteiger partial charge is 0.326 e. The molecule has 0 spiro atoms. The Hall–Kier alpha value is -1.59. The van der Waals surface area contributed by atoms with Gasteiger partial charge in [-0.25, -0.2) is 4.79 Å². The van der Waals surface area contributed by atoms with Crippen LogP contribution >= 0.6 is 0 Å². The summed E-state index contributed by atoms with van der Waals surface area (Å²) in [5.74, 6) is -1.74. The van der Waals surface area contributed by atoms with Gasteiger partial charge >= 0.3 is 5.97 Å². The molecule has 3 atom stereocenters. The van der Waals surface area contributed by atoms with Gasteiger partial charge in [0.25, 0.3) is 0 Å². The van der Waals surface area contributed by atoms with Crippen molar-refractivity contribution in [2.45, 2.75) is 46.1 Å². The van der Waals surface area contributed by atoms with E-state index >= 15 is 0 Å². The van der Waals surface area contributed by atoms with Gasteiger partial charge in [-0.3, -0.25) is 9.59 Å². The molecule has 1 saturated heterocycles. The number of hydrogen-bond acceptors (Lipinski definition) is 3. The van der Waals surface area contributed by atoms with Gasteiger partial charge in [0.05, 0.1) is 5.92 Å². The summed E-state index contributed by atoms with van der Waals surface area (Å²) in [5, 5.41) is 11.8. The molecular formula is C14H24N2O4. The van der Waals surface area contributed by atoms with E-state index in [1.807, 2.05) is 13.8 Å². The molecule has 2 N–H and O–H groups in total. The van der Waals surface area contributed by atoms with Crippen LogP contribution in [0.2, 0.25) is 0 Å². The standard InChI is InChI=1S/C14H24N2O4/c1-4-9(2)12(14(19)20)15-13(18)11-6-5-7-16(8-11)10(3)17/h9,11-12H,4-8H2,1-3H3,(H,15,18)(H,19,20)/t9?,11?,12-/m0/s1. The lowest BCUT2D eigenvalue weighted by atomic mass is 9.94. The van der Waals surface area contributed by atoms with Crippen LogP contribution in [0.4, 0.5) is 0 Å². The number of carbonyl (C=O) groups is 3. The number of hydrogen-bond donors (Lipinski definition) is 2. The van der Waals surface area contributed by atoms with Crippen molar-refractivity contribution in [1.82, 2.24) is 10.2 Å². The molecule has 0 bridgehead atoms. The summed E-state index contributed by atoms with van der Waals surface area (Å²) in [6.07, 6.45) is 2.16. The molecular weight excluding hydrogens is 260 g/mol. The molecule has 0 aromatic carbocycles. The second kappa shape index (κ2) is 7.26. The fraction of sp³-hybridized carbons (Fsp3) is 0.786. The molecule has 6 heteroatoms. The Balaban J connectivity index is 2.64. The monoisotopic (exact) mass is 284 g/mol. The third-order valence-corrected chi connectivity index (χ3v) is 4.01. The quantitative estimate of drug-likeness (QED) is 0.784. The van der Waals surface area contributed by atoms with E-state index in [4.69, 9.17) is 0 Å². The minimum Gasteiger partial charge on any atom is -0.480 e. The fourth-order valence-corrected chi connectivity index (χ4v) is 2.43. The van der Waals surface area contributed by atoms with Crippen LogP contribution in [0.1, 0.15) is 40.0 Å². The Morgan fingerprint density at radius 2 is 2.05 bits per heavy atom. The van der Waals surface area contributed by atoms with Crippen LogP contribution in [0.25, 0.3) is 0 Å². The van der Waals surface area contributed by atoms with Crippen molar-refractivity contribution < 1.29 is 19.5 Å². The molecule has 20 heavy (non-hydrogen) atoms. The molecule has 114 valence electrons. The van der Waals surface area contributed by atoms with Crippen LogP contribution in [0.15, 0.2) is 0 Å². The highest BCUT2D eigenvalue weighted by Gasteiger charge is 2.31. The number of nitrogens with zero attached hydrogens (tertiary/aromatic N) is 1. The van der Waals surface area contributed by atoms with E-state index in [9.17, 15) is 19.5 Å². The third-order valence-electron chi connectivity index (χ3n) is 4.01. The molecule has 2 unspecified atom stereocenters. The second-order valence-corrected chi connectivity index (χ2v) is 5.51. The predicted molar refractivity (Wildman–Crippen MR) is 74.0 cm³/mol. The van der Waals surface area contributed by atoms with Crippen molar-refractivity contribution in [3.05, 3.63) is 0 Å². The lowest BCUT2D eigenvalue weighted by molar-refractivity contribution is -0.145. The number of rotatable bonds is 5. The molecule has 1 aliphatic heterocycles. The highest BCUT2D eigenvalue weighted by Crippen LogP contribution is 2.18. The van der Waals surface area contributed by atoms with Gasteiger partial charge in [-0.15, -0.1) is 0 Å². The molecule has 6 nitrogen and oxygen atoms in total. The van der Waals surface area contributed by atoms with Crippen molar-refractivity contribution in [2.24, 2.45) is 11.8 Å². The van der Waals surface area contributed by atoms with Gasteiger partial charge in [0.15, 0.2) is 0 Å². The predicted octanol–water partition coefficient (Wildman–Crippen LogP) is 0.860.